The van der Waals surface area contributed by atoms with Gasteiger partial charge < -0.3 is 19.9 Å². The summed E-state index contributed by atoms with van der Waals surface area (Å²) in [7, 11) is 5.49. The van der Waals surface area contributed by atoms with Crippen molar-refractivity contribution in [2.24, 2.45) is 4.99 Å². The van der Waals surface area contributed by atoms with E-state index in [-0.39, 0.29) is 2.85 Å². The first-order chi connectivity index (χ1) is 13.6. The number of methoxy groups -OCH3 is 1. The number of aliphatic imine (C=N–C) groups is 1. The van der Waals surface area contributed by atoms with Crippen molar-refractivity contribution in [1.82, 2.24) is 19.9 Å². The average Bonchev–Trinajstić information content (AvgIpc) is 3.10. The minimum atomic E-state index is 0. The minimum Gasteiger partial charge on any atom is -0.481 e. The summed E-state index contributed by atoms with van der Waals surface area (Å²) in [5.74, 6) is 0.638. The average molecular weight is 383 g/mol. The van der Waals surface area contributed by atoms with Gasteiger partial charge in [-0.05, 0) is 35.8 Å². The van der Waals surface area contributed by atoms with Gasteiger partial charge in [-0.3, -0.25) is 4.99 Å². The lowest BCUT2D eigenvalue weighted by Gasteiger charge is -2.16. The van der Waals surface area contributed by atoms with E-state index in [4.69, 9.17) is 4.74 Å². The van der Waals surface area contributed by atoms with Crippen molar-refractivity contribution in [3.05, 3.63) is 59.7 Å². The standard InChI is InChI=1S/C14H16N4.C7H10N2O.2H2/c1-10-3-13-12(7-17-14(13)16-5-10)4-11-6-15-9-18(2)8-11;1-8-6-3-4-7(10-2)9-5-6;;/h3,5-8H,4,9H2,1-2H3,(H,16,17);3-5,8H,1-2H3;2*1H. The summed E-state index contributed by atoms with van der Waals surface area (Å²) in [4.78, 5) is 18.0. The quantitative estimate of drug-likeness (QED) is 0.716. The van der Waals surface area contributed by atoms with Crippen LogP contribution in [0.4, 0.5) is 5.69 Å². The first kappa shape index (κ1) is 19.4. The number of aromatic nitrogens is 3. The van der Waals surface area contributed by atoms with E-state index in [9.17, 15) is 0 Å². The van der Waals surface area contributed by atoms with E-state index in [1.807, 2.05) is 44.8 Å². The molecule has 0 saturated carbocycles. The van der Waals surface area contributed by atoms with Crippen LogP contribution in [0.1, 0.15) is 14.0 Å². The summed E-state index contributed by atoms with van der Waals surface area (Å²) in [5.41, 5.74) is 5.63. The highest BCUT2D eigenvalue weighted by Gasteiger charge is 2.08. The summed E-state index contributed by atoms with van der Waals surface area (Å²) in [6, 6.07) is 5.90. The zero-order chi connectivity index (χ0) is 19.9. The molecule has 1 aliphatic rings. The Morgan fingerprint density at radius 3 is 2.82 bits per heavy atom. The molecule has 0 aromatic carbocycles. The van der Waals surface area contributed by atoms with Crippen LogP contribution < -0.4 is 10.1 Å². The van der Waals surface area contributed by atoms with Crippen LogP contribution in [0, 0.1) is 6.92 Å². The molecular weight excluding hydrogens is 352 g/mol. The highest BCUT2D eigenvalue weighted by atomic mass is 16.5. The van der Waals surface area contributed by atoms with Gasteiger partial charge in [-0.15, -0.1) is 0 Å². The van der Waals surface area contributed by atoms with Crippen molar-refractivity contribution in [3.63, 3.8) is 0 Å². The number of rotatable bonds is 4. The number of aryl methyl sites for hydroxylation is 1. The van der Waals surface area contributed by atoms with Crippen molar-refractivity contribution < 1.29 is 7.59 Å². The van der Waals surface area contributed by atoms with Crippen LogP contribution in [0.15, 0.2) is 53.6 Å². The lowest BCUT2D eigenvalue weighted by atomic mass is 10.1. The van der Waals surface area contributed by atoms with Crippen molar-refractivity contribution in [2.45, 2.75) is 13.3 Å². The molecule has 28 heavy (non-hydrogen) atoms. The van der Waals surface area contributed by atoms with Crippen LogP contribution in [0.5, 0.6) is 5.88 Å². The molecule has 3 aromatic rings. The summed E-state index contributed by atoms with van der Waals surface area (Å²) in [5, 5.41) is 4.17. The summed E-state index contributed by atoms with van der Waals surface area (Å²) in [6.45, 7) is 2.82. The molecule has 0 aliphatic carbocycles. The number of allylic oxidation sites excluding steroid dienone is 1. The molecule has 150 valence electrons. The number of pyridine rings is 2. The van der Waals surface area contributed by atoms with Gasteiger partial charge in [0.05, 0.1) is 19.0 Å². The highest BCUT2D eigenvalue weighted by molar-refractivity contribution is 5.84. The Kier molecular flexibility index (Phi) is 6.26. The van der Waals surface area contributed by atoms with Crippen molar-refractivity contribution >= 4 is 22.9 Å². The number of hydrogen-bond acceptors (Lipinski definition) is 6. The Morgan fingerprint density at radius 2 is 2.14 bits per heavy atom. The molecule has 0 fully saturated rings. The van der Waals surface area contributed by atoms with Gasteiger partial charge in [0.1, 0.15) is 12.3 Å². The number of ether oxygens (including phenoxy) is 1. The molecule has 7 nitrogen and oxygen atoms in total. The lowest BCUT2D eigenvalue weighted by molar-refractivity contribution is 0.398. The van der Waals surface area contributed by atoms with E-state index >= 15 is 0 Å². The predicted molar refractivity (Wildman–Crippen MR) is 118 cm³/mol. The molecule has 3 aromatic heterocycles. The molecule has 0 unspecified atom stereocenters. The number of aromatic amines is 1. The third kappa shape index (κ3) is 4.88. The molecule has 0 radical (unpaired) electrons. The van der Waals surface area contributed by atoms with Crippen LogP contribution in [-0.4, -0.2) is 53.9 Å². The molecule has 0 spiro atoms. The Balaban J connectivity index is 0.000000325. The van der Waals surface area contributed by atoms with Gasteiger partial charge in [0, 0.05) is 59.6 Å². The van der Waals surface area contributed by atoms with Gasteiger partial charge in [-0.25, -0.2) is 9.97 Å². The maximum atomic E-state index is 4.87. The summed E-state index contributed by atoms with van der Waals surface area (Å²) < 4.78 is 4.87. The van der Waals surface area contributed by atoms with E-state index in [0.717, 1.165) is 24.4 Å². The second-order valence-corrected chi connectivity index (χ2v) is 6.65. The van der Waals surface area contributed by atoms with Crippen LogP contribution >= 0.6 is 0 Å². The zero-order valence-corrected chi connectivity index (χ0v) is 16.7. The first-order valence-corrected chi connectivity index (χ1v) is 9.10. The van der Waals surface area contributed by atoms with Gasteiger partial charge in [-0.2, -0.15) is 0 Å². The molecule has 0 atom stereocenters. The molecule has 7 heteroatoms. The Morgan fingerprint density at radius 1 is 1.29 bits per heavy atom. The van der Waals surface area contributed by atoms with Crippen LogP contribution in [-0.2, 0) is 6.42 Å². The number of anilines is 1. The fourth-order valence-electron chi connectivity index (χ4n) is 2.91. The lowest BCUT2D eigenvalue weighted by Crippen LogP contribution is -2.16. The van der Waals surface area contributed by atoms with E-state index < -0.39 is 0 Å². The largest absolute Gasteiger partial charge is 0.481 e. The van der Waals surface area contributed by atoms with E-state index in [0.29, 0.717) is 5.88 Å². The first-order valence-electron chi connectivity index (χ1n) is 9.10. The maximum absolute atomic E-state index is 4.87. The van der Waals surface area contributed by atoms with E-state index in [1.54, 1.807) is 13.3 Å². The van der Waals surface area contributed by atoms with Crippen LogP contribution in [0.2, 0.25) is 0 Å². The van der Waals surface area contributed by atoms with Crippen molar-refractivity contribution in [1.29, 1.82) is 0 Å². The predicted octanol–water partition coefficient (Wildman–Crippen LogP) is 3.90. The Labute approximate surface area is 168 Å². The van der Waals surface area contributed by atoms with Crippen molar-refractivity contribution in [3.8, 4) is 5.88 Å². The van der Waals surface area contributed by atoms with Gasteiger partial charge in [-0.1, -0.05) is 0 Å². The topological polar surface area (TPSA) is 78.4 Å². The van der Waals surface area contributed by atoms with Gasteiger partial charge in [0.2, 0.25) is 5.88 Å². The number of hydrogen-bond donors (Lipinski definition) is 2. The maximum Gasteiger partial charge on any atom is 0.213 e. The minimum absolute atomic E-state index is 0. The highest BCUT2D eigenvalue weighted by Crippen LogP contribution is 2.20. The third-order valence-electron chi connectivity index (χ3n) is 4.33. The fraction of sp³-hybridized carbons (Fsp3) is 0.286. The van der Waals surface area contributed by atoms with Crippen LogP contribution in [0.3, 0.4) is 0 Å². The number of nitrogens with one attached hydrogen (secondary N) is 2. The monoisotopic (exact) mass is 382 g/mol. The summed E-state index contributed by atoms with van der Waals surface area (Å²) in [6.07, 6.45) is 10.6. The van der Waals surface area contributed by atoms with Crippen LogP contribution in [0.25, 0.3) is 11.0 Å². The smallest absolute Gasteiger partial charge is 0.213 e. The third-order valence-corrected chi connectivity index (χ3v) is 4.33. The SMILES string of the molecule is CNc1ccc(OC)nc1.Cc1cnc2[nH]cc(CC3=CN(C)CN=C3)c2c1.[HH].[HH]. The van der Waals surface area contributed by atoms with E-state index in [1.165, 1.54) is 22.1 Å². The van der Waals surface area contributed by atoms with E-state index in [2.05, 4.69) is 49.4 Å². The molecule has 0 amide bonds. The molecule has 0 saturated heterocycles. The van der Waals surface area contributed by atoms with Gasteiger partial charge in [0.15, 0.2) is 0 Å². The fourth-order valence-corrected chi connectivity index (χ4v) is 2.91. The molecule has 0 bridgehead atoms. The molecular formula is C21H30N6O. The van der Waals surface area contributed by atoms with Gasteiger partial charge >= 0.3 is 0 Å². The molecule has 4 rings (SSSR count). The Bertz CT molecular complexity index is 962. The van der Waals surface area contributed by atoms with Gasteiger partial charge in [0.25, 0.3) is 0 Å². The zero-order valence-electron chi connectivity index (χ0n) is 16.7. The molecule has 1 aliphatic heterocycles. The summed E-state index contributed by atoms with van der Waals surface area (Å²) >= 11 is 0. The van der Waals surface area contributed by atoms with Crippen molar-refractivity contribution in [2.75, 3.05) is 33.2 Å². The molecule has 2 N–H and O–H groups in total. The normalized spacial score (nSPS) is 13.0. The Hall–Kier alpha value is -3.35. The molecule has 4 heterocycles. The number of nitrogens with zero attached hydrogens (tertiary/aromatic N) is 4. The second kappa shape index (κ2) is 9.03. The number of fused-ring (bicyclic) bond motifs is 1. The second-order valence-electron chi connectivity index (χ2n) is 6.65. The number of H-pyrrole nitrogens is 1.